The number of amides is 2. The van der Waals surface area contributed by atoms with Crippen LogP contribution >= 0.6 is 11.6 Å². The van der Waals surface area contributed by atoms with Gasteiger partial charge in [0.2, 0.25) is 5.91 Å². The van der Waals surface area contributed by atoms with Gasteiger partial charge in [-0.15, -0.1) is 5.10 Å². The molecule has 8 heteroatoms. The van der Waals surface area contributed by atoms with Crippen LogP contribution in [0.25, 0.3) is 5.69 Å². The molecule has 0 spiro atoms. The third kappa shape index (κ3) is 4.77. The molecule has 1 aliphatic heterocycles. The smallest absolute Gasteiger partial charge is 0.273 e. The largest absolute Gasteiger partial charge is 0.350 e. The van der Waals surface area contributed by atoms with Gasteiger partial charge in [0.25, 0.3) is 5.91 Å². The minimum absolute atomic E-state index is 0.0659. The Kier molecular flexibility index (Phi) is 6.04. The molecule has 1 atom stereocenters. The Morgan fingerprint density at radius 1 is 1.13 bits per heavy atom. The molecule has 0 bridgehead atoms. The summed E-state index contributed by atoms with van der Waals surface area (Å²) in [5.74, 6) is -0.119. The van der Waals surface area contributed by atoms with Crippen molar-refractivity contribution in [1.82, 2.24) is 25.2 Å². The quantitative estimate of drug-likeness (QED) is 0.641. The Labute approximate surface area is 186 Å². The van der Waals surface area contributed by atoms with Crippen molar-refractivity contribution >= 4 is 23.4 Å². The van der Waals surface area contributed by atoms with E-state index in [1.54, 1.807) is 4.68 Å². The Morgan fingerprint density at radius 3 is 2.55 bits per heavy atom. The number of aromatic nitrogens is 3. The van der Waals surface area contributed by atoms with Crippen LogP contribution in [0.1, 0.15) is 33.7 Å². The van der Waals surface area contributed by atoms with Crippen LogP contribution in [0.15, 0.2) is 48.5 Å². The minimum Gasteiger partial charge on any atom is -0.350 e. The normalized spacial score (nSPS) is 16.0. The molecular formula is C23H24ClN5O2. The molecule has 1 aromatic heterocycles. The van der Waals surface area contributed by atoms with E-state index in [9.17, 15) is 9.59 Å². The van der Waals surface area contributed by atoms with E-state index in [1.807, 2.05) is 67.3 Å². The maximum absolute atomic E-state index is 12.7. The first kappa shape index (κ1) is 21.1. The van der Waals surface area contributed by atoms with Gasteiger partial charge in [-0.05, 0) is 43.7 Å². The minimum atomic E-state index is -0.278. The van der Waals surface area contributed by atoms with E-state index in [2.05, 4.69) is 15.6 Å². The number of benzene rings is 2. The summed E-state index contributed by atoms with van der Waals surface area (Å²) in [7, 11) is 0. The lowest BCUT2D eigenvalue weighted by atomic mass is 10.1. The molecule has 7 nitrogen and oxygen atoms in total. The van der Waals surface area contributed by atoms with Crippen LogP contribution in [-0.2, 0) is 11.3 Å². The SMILES string of the molecule is Cc1ccc(-n2nnc(C(=O)NCC3CC(=O)N(Cc4ccc(Cl)cc4)C3)c2C)cc1. The average Bonchev–Trinajstić information content (AvgIpc) is 3.31. The number of aryl methyl sites for hydroxylation is 1. The van der Waals surface area contributed by atoms with Gasteiger partial charge in [0.15, 0.2) is 5.69 Å². The number of hydrogen-bond acceptors (Lipinski definition) is 4. The van der Waals surface area contributed by atoms with Gasteiger partial charge in [-0.2, -0.15) is 0 Å². The van der Waals surface area contributed by atoms with E-state index in [-0.39, 0.29) is 17.7 Å². The summed E-state index contributed by atoms with van der Waals surface area (Å²) in [6.45, 7) is 5.41. The first-order valence-corrected chi connectivity index (χ1v) is 10.6. The number of carbonyl (C=O) groups is 2. The highest BCUT2D eigenvalue weighted by molar-refractivity contribution is 6.30. The van der Waals surface area contributed by atoms with Crippen LogP contribution in [-0.4, -0.2) is 44.8 Å². The fraction of sp³-hybridized carbons (Fsp3) is 0.304. The van der Waals surface area contributed by atoms with Crippen molar-refractivity contribution in [2.75, 3.05) is 13.1 Å². The van der Waals surface area contributed by atoms with Gasteiger partial charge in [0.05, 0.1) is 11.4 Å². The molecule has 1 N–H and O–H groups in total. The third-order valence-corrected chi connectivity index (χ3v) is 5.77. The summed E-state index contributed by atoms with van der Waals surface area (Å²) in [4.78, 5) is 26.9. The highest BCUT2D eigenvalue weighted by atomic mass is 35.5. The third-order valence-electron chi connectivity index (χ3n) is 5.52. The molecule has 3 aromatic rings. The van der Waals surface area contributed by atoms with E-state index in [4.69, 9.17) is 11.6 Å². The van der Waals surface area contributed by atoms with Gasteiger partial charge in [-0.3, -0.25) is 9.59 Å². The molecule has 2 heterocycles. The van der Waals surface area contributed by atoms with Crippen LogP contribution in [0.5, 0.6) is 0 Å². The van der Waals surface area contributed by atoms with Crippen molar-refractivity contribution < 1.29 is 9.59 Å². The highest BCUT2D eigenvalue weighted by Gasteiger charge is 2.30. The second-order valence-corrected chi connectivity index (χ2v) is 8.39. The Hall–Kier alpha value is -3.19. The number of hydrogen-bond donors (Lipinski definition) is 1. The Morgan fingerprint density at radius 2 is 1.84 bits per heavy atom. The molecule has 0 radical (unpaired) electrons. The van der Waals surface area contributed by atoms with Crippen molar-refractivity contribution in [2.45, 2.75) is 26.8 Å². The van der Waals surface area contributed by atoms with Crippen LogP contribution in [0.2, 0.25) is 5.02 Å². The van der Waals surface area contributed by atoms with Crippen molar-refractivity contribution in [3.05, 3.63) is 76.1 Å². The summed E-state index contributed by atoms with van der Waals surface area (Å²) < 4.78 is 1.65. The van der Waals surface area contributed by atoms with Gasteiger partial charge >= 0.3 is 0 Å². The molecular weight excluding hydrogens is 414 g/mol. The Balaban J connectivity index is 1.34. The molecule has 1 saturated heterocycles. The lowest BCUT2D eigenvalue weighted by Gasteiger charge is -2.17. The van der Waals surface area contributed by atoms with Crippen LogP contribution in [0.3, 0.4) is 0 Å². The first-order valence-electron chi connectivity index (χ1n) is 10.2. The lowest BCUT2D eigenvalue weighted by molar-refractivity contribution is -0.128. The van der Waals surface area contributed by atoms with Crippen LogP contribution in [0, 0.1) is 19.8 Å². The number of carbonyl (C=O) groups excluding carboxylic acids is 2. The predicted molar refractivity (Wildman–Crippen MR) is 118 cm³/mol. The molecule has 1 aliphatic rings. The van der Waals surface area contributed by atoms with Crippen molar-refractivity contribution in [2.24, 2.45) is 5.92 Å². The molecule has 0 saturated carbocycles. The van der Waals surface area contributed by atoms with E-state index in [0.717, 1.165) is 16.8 Å². The highest BCUT2D eigenvalue weighted by Crippen LogP contribution is 2.21. The monoisotopic (exact) mass is 437 g/mol. The molecule has 1 fully saturated rings. The van der Waals surface area contributed by atoms with Gasteiger partial charge in [-0.25, -0.2) is 4.68 Å². The standard InChI is InChI=1S/C23H24ClN5O2/c1-15-3-9-20(10-4-15)29-16(2)22(26-27-29)23(31)25-12-18-11-21(30)28(14-18)13-17-5-7-19(24)8-6-17/h3-10,18H,11-14H2,1-2H3,(H,25,31). The zero-order valence-electron chi connectivity index (χ0n) is 17.5. The Bertz CT molecular complexity index is 1090. The van der Waals surface area contributed by atoms with Crippen molar-refractivity contribution in [1.29, 1.82) is 0 Å². The fourth-order valence-electron chi connectivity index (χ4n) is 3.74. The first-order chi connectivity index (χ1) is 14.9. The predicted octanol–water partition coefficient (Wildman–Crippen LogP) is 3.32. The summed E-state index contributed by atoms with van der Waals surface area (Å²) in [6.07, 6.45) is 0.420. The maximum atomic E-state index is 12.7. The molecule has 2 amide bonds. The van der Waals surface area contributed by atoms with Gasteiger partial charge < -0.3 is 10.2 Å². The number of likely N-dealkylation sites (tertiary alicyclic amines) is 1. The zero-order valence-corrected chi connectivity index (χ0v) is 18.3. The number of rotatable bonds is 6. The molecule has 2 aromatic carbocycles. The van der Waals surface area contributed by atoms with Crippen molar-refractivity contribution in [3.8, 4) is 5.69 Å². The summed E-state index contributed by atoms with van der Waals surface area (Å²) in [5, 5.41) is 11.8. The van der Waals surface area contributed by atoms with Gasteiger partial charge in [0.1, 0.15) is 0 Å². The molecule has 0 aliphatic carbocycles. The second-order valence-electron chi connectivity index (χ2n) is 7.95. The molecule has 4 rings (SSSR count). The molecule has 1 unspecified atom stereocenters. The zero-order chi connectivity index (χ0) is 22.0. The number of nitrogens with one attached hydrogen (secondary N) is 1. The van der Waals surface area contributed by atoms with E-state index >= 15 is 0 Å². The average molecular weight is 438 g/mol. The summed E-state index contributed by atoms with van der Waals surface area (Å²) >= 11 is 5.92. The van der Waals surface area contributed by atoms with E-state index in [0.29, 0.717) is 42.5 Å². The maximum Gasteiger partial charge on any atom is 0.273 e. The topological polar surface area (TPSA) is 80.1 Å². The molecule has 31 heavy (non-hydrogen) atoms. The second kappa shape index (κ2) is 8.89. The number of halogens is 1. The summed E-state index contributed by atoms with van der Waals surface area (Å²) in [5.41, 5.74) is 4.01. The van der Waals surface area contributed by atoms with Gasteiger partial charge in [0, 0.05) is 37.0 Å². The lowest BCUT2D eigenvalue weighted by Crippen LogP contribution is -2.31. The fourth-order valence-corrected chi connectivity index (χ4v) is 3.87. The van der Waals surface area contributed by atoms with Crippen LogP contribution < -0.4 is 5.32 Å². The van der Waals surface area contributed by atoms with E-state index < -0.39 is 0 Å². The van der Waals surface area contributed by atoms with Crippen LogP contribution in [0.4, 0.5) is 0 Å². The number of nitrogens with zero attached hydrogens (tertiary/aromatic N) is 4. The van der Waals surface area contributed by atoms with Gasteiger partial charge in [-0.1, -0.05) is 46.6 Å². The van der Waals surface area contributed by atoms with Crippen molar-refractivity contribution in [3.63, 3.8) is 0 Å². The van der Waals surface area contributed by atoms with E-state index in [1.165, 1.54) is 0 Å². The summed E-state index contributed by atoms with van der Waals surface area (Å²) in [6, 6.07) is 15.3. The molecule has 160 valence electrons.